The van der Waals surface area contributed by atoms with Gasteiger partial charge in [0.1, 0.15) is 0 Å². The average Bonchev–Trinajstić information content (AvgIpc) is 2.71. The zero-order chi connectivity index (χ0) is 12.3. The monoisotopic (exact) mass is 268 g/mol. The predicted molar refractivity (Wildman–Crippen MR) is 76.4 cm³/mol. The van der Waals surface area contributed by atoms with Crippen molar-refractivity contribution in [3.63, 3.8) is 0 Å². The molecule has 17 heavy (non-hydrogen) atoms. The van der Waals surface area contributed by atoms with Crippen LogP contribution < -0.4 is 5.32 Å². The van der Waals surface area contributed by atoms with Crippen molar-refractivity contribution in [1.82, 2.24) is 4.98 Å². The second-order valence-corrected chi connectivity index (χ2v) is 5.95. The molecule has 0 saturated carbocycles. The lowest BCUT2D eigenvalue weighted by molar-refractivity contribution is 0.190. The molecule has 2 aromatic rings. The SMILES string of the molecule is COCC(C)Nc1ccc2nc(SC)sc2c1. The molecule has 0 aliphatic heterocycles. The van der Waals surface area contributed by atoms with E-state index in [2.05, 4.69) is 41.7 Å². The Balaban J connectivity index is 2.19. The number of thioether (sulfide) groups is 1. The molecule has 2 rings (SSSR count). The number of anilines is 1. The van der Waals surface area contributed by atoms with Crippen LogP contribution in [0.5, 0.6) is 0 Å². The van der Waals surface area contributed by atoms with Crippen LogP contribution >= 0.6 is 23.1 Å². The van der Waals surface area contributed by atoms with Crippen LogP contribution in [-0.4, -0.2) is 31.0 Å². The molecule has 0 bridgehead atoms. The number of hydrogen-bond donors (Lipinski definition) is 1. The van der Waals surface area contributed by atoms with Gasteiger partial charge in [-0.2, -0.15) is 0 Å². The van der Waals surface area contributed by atoms with Crippen LogP contribution in [0, 0.1) is 0 Å². The number of rotatable bonds is 5. The Kier molecular flexibility index (Phi) is 4.25. The lowest BCUT2D eigenvalue weighted by Crippen LogP contribution is -2.20. The summed E-state index contributed by atoms with van der Waals surface area (Å²) in [5.41, 5.74) is 2.20. The van der Waals surface area contributed by atoms with Crippen molar-refractivity contribution in [3.8, 4) is 0 Å². The molecule has 0 saturated heterocycles. The molecule has 92 valence electrons. The molecule has 1 aromatic carbocycles. The van der Waals surface area contributed by atoms with Crippen LogP contribution in [0.15, 0.2) is 22.5 Å². The van der Waals surface area contributed by atoms with E-state index in [1.54, 1.807) is 30.2 Å². The third-order valence-electron chi connectivity index (χ3n) is 2.37. The van der Waals surface area contributed by atoms with Gasteiger partial charge in [-0.25, -0.2) is 4.98 Å². The predicted octanol–water partition coefficient (Wildman–Crippen LogP) is 3.47. The summed E-state index contributed by atoms with van der Waals surface area (Å²) in [5.74, 6) is 0. The van der Waals surface area contributed by atoms with Crippen LogP contribution in [0.25, 0.3) is 10.2 Å². The Bertz CT molecular complexity index is 498. The van der Waals surface area contributed by atoms with E-state index in [0.717, 1.165) is 15.5 Å². The number of hydrogen-bond acceptors (Lipinski definition) is 5. The minimum Gasteiger partial charge on any atom is -0.383 e. The summed E-state index contributed by atoms with van der Waals surface area (Å²) < 4.78 is 7.45. The van der Waals surface area contributed by atoms with Crippen molar-refractivity contribution < 1.29 is 4.74 Å². The Labute approximate surface area is 110 Å². The Morgan fingerprint density at radius 2 is 2.35 bits per heavy atom. The summed E-state index contributed by atoms with van der Waals surface area (Å²) in [6.45, 7) is 2.81. The summed E-state index contributed by atoms with van der Waals surface area (Å²) in [7, 11) is 1.72. The highest BCUT2D eigenvalue weighted by atomic mass is 32.2. The number of nitrogens with one attached hydrogen (secondary N) is 1. The first-order chi connectivity index (χ1) is 8.22. The van der Waals surface area contributed by atoms with Gasteiger partial charge >= 0.3 is 0 Å². The largest absolute Gasteiger partial charge is 0.383 e. The maximum atomic E-state index is 5.11. The zero-order valence-electron chi connectivity index (χ0n) is 10.2. The number of ether oxygens (including phenoxy) is 1. The van der Waals surface area contributed by atoms with E-state index in [0.29, 0.717) is 12.6 Å². The Morgan fingerprint density at radius 1 is 1.53 bits per heavy atom. The summed E-state index contributed by atoms with van der Waals surface area (Å²) in [4.78, 5) is 4.52. The molecule has 5 heteroatoms. The van der Waals surface area contributed by atoms with Crippen molar-refractivity contribution in [1.29, 1.82) is 0 Å². The summed E-state index contributed by atoms with van der Waals surface area (Å²) in [5, 5.41) is 3.41. The molecule has 1 N–H and O–H groups in total. The Hall–Kier alpha value is -0.780. The van der Waals surface area contributed by atoms with E-state index in [1.165, 1.54) is 4.70 Å². The van der Waals surface area contributed by atoms with Gasteiger partial charge in [-0.1, -0.05) is 11.8 Å². The van der Waals surface area contributed by atoms with E-state index in [9.17, 15) is 0 Å². The van der Waals surface area contributed by atoms with Gasteiger partial charge in [0.15, 0.2) is 4.34 Å². The third kappa shape index (κ3) is 3.12. The average molecular weight is 268 g/mol. The molecule has 0 fully saturated rings. The molecule has 0 radical (unpaired) electrons. The molecule has 3 nitrogen and oxygen atoms in total. The van der Waals surface area contributed by atoms with Crippen molar-refractivity contribution in [2.24, 2.45) is 0 Å². The number of fused-ring (bicyclic) bond motifs is 1. The van der Waals surface area contributed by atoms with Crippen molar-refractivity contribution >= 4 is 39.0 Å². The molecule has 0 aliphatic carbocycles. The molecule has 0 amide bonds. The van der Waals surface area contributed by atoms with Crippen LogP contribution in [0.1, 0.15) is 6.92 Å². The fraction of sp³-hybridized carbons (Fsp3) is 0.417. The highest BCUT2D eigenvalue weighted by Gasteiger charge is 2.05. The fourth-order valence-corrected chi connectivity index (χ4v) is 3.19. The molecule has 1 aromatic heterocycles. The van der Waals surface area contributed by atoms with Gasteiger partial charge in [0, 0.05) is 18.8 Å². The minimum absolute atomic E-state index is 0.311. The van der Waals surface area contributed by atoms with E-state index >= 15 is 0 Å². The number of thiazole rings is 1. The number of nitrogens with zero attached hydrogens (tertiary/aromatic N) is 1. The molecule has 1 unspecified atom stereocenters. The van der Waals surface area contributed by atoms with E-state index in [4.69, 9.17) is 4.74 Å². The first kappa shape index (κ1) is 12.7. The summed E-state index contributed by atoms with van der Waals surface area (Å²) in [6.07, 6.45) is 2.05. The smallest absolute Gasteiger partial charge is 0.150 e. The van der Waals surface area contributed by atoms with Gasteiger partial charge in [-0.15, -0.1) is 11.3 Å². The number of aromatic nitrogens is 1. The van der Waals surface area contributed by atoms with Gasteiger partial charge in [-0.3, -0.25) is 0 Å². The standard InChI is InChI=1S/C12H16N2OS2/c1-8(7-15-2)13-9-4-5-10-11(6-9)17-12(14-10)16-3/h4-6,8,13H,7H2,1-3H3. The maximum Gasteiger partial charge on any atom is 0.150 e. The molecular weight excluding hydrogens is 252 g/mol. The summed E-state index contributed by atoms with van der Waals surface area (Å²) in [6, 6.07) is 6.59. The lowest BCUT2D eigenvalue weighted by Gasteiger charge is -2.13. The number of benzene rings is 1. The van der Waals surface area contributed by atoms with E-state index < -0.39 is 0 Å². The van der Waals surface area contributed by atoms with Crippen molar-refractivity contribution in [2.45, 2.75) is 17.3 Å². The second-order valence-electron chi connectivity index (χ2n) is 3.87. The highest BCUT2D eigenvalue weighted by Crippen LogP contribution is 2.30. The third-order valence-corrected chi connectivity index (χ3v) is 4.38. The van der Waals surface area contributed by atoms with Crippen LogP contribution in [0.2, 0.25) is 0 Å². The first-order valence-corrected chi connectivity index (χ1v) is 7.47. The molecule has 0 spiro atoms. The second kappa shape index (κ2) is 5.71. The zero-order valence-corrected chi connectivity index (χ0v) is 11.8. The van der Waals surface area contributed by atoms with Gasteiger partial charge in [-0.05, 0) is 31.4 Å². The van der Waals surface area contributed by atoms with Crippen LogP contribution in [-0.2, 0) is 4.74 Å². The Morgan fingerprint density at radius 3 is 3.06 bits per heavy atom. The van der Waals surface area contributed by atoms with Gasteiger partial charge in [0.05, 0.1) is 16.8 Å². The van der Waals surface area contributed by atoms with Gasteiger partial charge in [0.2, 0.25) is 0 Å². The topological polar surface area (TPSA) is 34.1 Å². The van der Waals surface area contributed by atoms with Crippen LogP contribution in [0.3, 0.4) is 0 Å². The van der Waals surface area contributed by atoms with Crippen LogP contribution in [0.4, 0.5) is 5.69 Å². The molecule has 0 aliphatic rings. The van der Waals surface area contributed by atoms with Crippen molar-refractivity contribution in [2.75, 3.05) is 25.3 Å². The number of methoxy groups -OCH3 is 1. The quantitative estimate of drug-likeness (QED) is 0.842. The normalized spacial score (nSPS) is 12.9. The van der Waals surface area contributed by atoms with Crippen molar-refractivity contribution in [3.05, 3.63) is 18.2 Å². The minimum atomic E-state index is 0.311. The summed E-state index contributed by atoms with van der Waals surface area (Å²) >= 11 is 3.42. The first-order valence-electron chi connectivity index (χ1n) is 5.43. The van der Waals surface area contributed by atoms with E-state index in [-0.39, 0.29) is 0 Å². The molecule has 1 heterocycles. The van der Waals surface area contributed by atoms with E-state index in [1.807, 2.05) is 0 Å². The van der Waals surface area contributed by atoms with Gasteiger partial charge < -0.3 is 10.1 Å². The lowest BCUT2D eigenvalue weighted by atomic mass is 10.2. The highest BCUT2D eigenvalue weighted by molar-refractivity contribution is 8.00. The maximum absolute atomic E-state index is 5.11. The molecule has 1 atom stereocenters. The van der Waals surface area contributed by atoms with Gasteiger partial charge in [0.25, 0.3) is 0 Å². The molecular formula is C12H16N2OS2. The fourth-order valence-electron chi connectivity index (χ4n) is 1.66.